The molecule has 0 atom stereocenters. The molecule has 21 heavy (non-hydrogen) atoms. The van der Waals surface area contributed by atoms with Crippen LogP contribution >= 0.6 is 0 Å². The molecule has 7 heteroatoms. The van der Waals surface area contributed by atoms with Gasteiger partial charge in [-0.3, -0.25) is 4.79 Å². The van der Waals surface area contributed by atoms with E-state index in [1.807, 2.05) is 0 Å². The standard InChI is InChI=1S/C14H10N2O5/c17-12(16-11-3-1-2-6-15-11)10-7-8(13(18)19)4-5-9(10)14(20)21/h1-7H,(H,18,19)(H,20,21)(H,15,16,17)/p-2. The maximum Gasteiger partial charge on any atom is 0.257 e. The van der Waals surface area contributed by atoms with Crippen LogP contribution in [0.4, 0.5) is 5.82 Å². The molecule has 0 aliphatic carbocycles. The summed E-state index contributed by atoms with van der Waals surface area (Å²) < 4.78 is 0. The number of carbonyl (C=O) groups excluding carboxylic acids is 3. The summed E-state index contributed by atoms with van der Waals surface area (Å²) in [7, 11) is 0. The number of nitrogens with one attached hydrogen (secondary N) is 1. The normalized spacial score (nSPS) is 9.90. The van der Waals surface area contributed by atoms with E-state index in [1.165, 1.54) is 12.3 Å². The molecule has 7 nitrogen and oxygen atoms in total. The minimum atomic E-state index is -1.59. The number of aromatic carboxylic acids is 2. The van der Waals surface area contributed by atoms with Crippen LogP contribution in [0.25, 0.3) is 0 Å². The first-order valence-electron chi connectivity index (χ1n) is 5.78. The third-order valence-electron chi connectivity index (χ3n) is 2.63. The smallest absolute Gasteiger partial charge is 0.257 e. The van der Waals surface area contributed by atoms with Crippen molar-refractivity contribution in [3.05, 3.63) is 59.3 Å². The maximum atomic E-state index is 12.1. The minimum Gasteiger partial charge on any atom is -0.545 e. The average Bonchev–Trinajstić information content (AvgIpc) is 2.47. The summed E-state index contributed by atoms with van der Waals surface area (Å²) in [5, 5.41) is 24.2. The number of rotatable bonds is 4. The van der Waals surface area contributed by atoms with Crippen molar-refractivity contribution in [2.24, 2.45) is 0 Å². The van der Waals surface area contributed by atoms with E-state index >= 15 is 0 Å². The van der Waals surface area contributed by atoms with Gasteiger partial charge in [0.2, 0.25) is 0 Å². The lowest BCUT2D eigenvalue weighted by Gasteiger charge is -2.13. The van der Waals surface area contributed by atoms with Crippen LogP contribution in [0, 0.1) is 0 Å². The van der Waals surface area contributed by atoms with E-state index in [0.717, 1.165) is 18.2 Å². The summed E-state index contributed by atoms with van der Waals surface area (Å²) in [6, 6.07) is 7.68. The lowest BCUT2D eigenvalue weighted by molar-refractivity contribution is -0.256. The fourth-order valence-electron chi connectivity index (χ4n) is 1.66. The Morgan fingerprint density at radius 3 is 2.29 bits per heavy atom. The van der Waals surface area contributed by atoms with Crippen LogP contribution in [0.2, 0.25) is 0 Å². The van der Waals surface area contributed by atoms with Crippen LogP contribution in [0.3, 0.4) is 0 Å². The number of aromatic nitrogens is 1. The van der Waals surface area contributed by atoms with Gasteiger partial charge in [0.25, 0.3) is 5.91 Å². The van der Waals surface area contributed by atoms with E-state index in [4.69, 9.17) is 0 Å². The molecule has 1 amide bonds. The predicted octanol–water partition coefficient (Wildman–Crippen LogP) is -0.939. The van der Waals surface area contributed by atoms with E-state index in [2.05, 4.69) is 10.3 Å². The third-order valence-corrected chi connectivity index (χ3v) is 2.63. The molecule has 0 fully saturated rings. The first kappa shape index (κ1) is 14.2. The van der Waals surface area contributed by atoms with Gasteiger partial charge in [-0.05, 0) is 23.8 Å². The average molecular weight is 284 g/mol. The van der Waals surface area contributed by atoms with E-state index in [9.17, 15) is 24.6 Å². The Morgan fingerprint density at radius 2 is 1.71 bits per heavy atom. The topological polar surface area (TPSA) is 122 Å². The van der Waals surface area contributed by atoms with Crippen LogP contribution in [-0.2, 0) is 0 Å². The van der Waals surface area contributed by atoms with Gasteiger partial charge in [-0.25, -0.2) is 4.98 Å². The summed E-state index contributed by atoms with van der Waals surface area (Å²) in [6.45, 7) is 0. The Balaban J connectivity index is 2.40. The molecule has 1 aromatic heterocycles. The number of carboxylic acid groups (broad SMARTS) is 2. The number of hydrogen-bond donors (Lipinski definition) is 1. The minimum absolute atomic E-state index is 0.200. The van der Waals surface area contributed by atoms with Crippen molar-refractivity contribution in [3.63, 3.8) is 0 Å². The van der Waals surface area contributed by atoms with E-state index in [-0.39, 0.29) is 16.9 Å². The van der Waals surface area contributed by atoms with Crippen molar-refractivity contribution in [3.8, 4) is 0 Å². The molecule has 0 spiro atoms. The molecular formula is C14H8N2O5-2. The molecule has 0 saturated heterocycles. The Kier molecular flexibility index (Phi) is 3.94. The van der Waals surface area contributed by atoms with Crippen molar-refractivity contribution in [2.75, 3.05) is 5.32 Å². The van der Waals surface area contributed by atoms with Gasteiger partial charge in [-0.2, -0.15) is 0 Å². The van der Waals surface area contributed by atoms with Crippen LogP contribution in [-0.4, -0.2) is 22.8 Å². The van der Waals surface area contributed by atoms with Gasteiger partial charge in [-0.15, -0.1) is 0 Å². The second-order valence-electron chi connectivity index (χ2n) is 4.00. The number of pyridine rings is 1. The zero-order valence-electron chi connectivity index (χ0n) is 10.5. The number of carboxylic acids is 2. The van der Waals surface area contributed by atoms with Crippen molar-refractivity contribution in [2.45, 2.75) is 0 Å². The highest BCUT2D eigenvalue weighted by atomic mass is 16.4. The van der Waals surface area contributed by atoms with Gasteiger partial charge in [0.05, 0.1) is 11.9 Å². The molecule has 1 heterocycles. The van der Waals surface area contributed by atoms with Gasteiger partial charge in [0.15, 0.2) is 0 Å². The van der Waals surface area contributed by atoms with Crippen molar-refractivity contribution >= 4 is 23.7 Å². The Bertz CT molecular complexity index is 713. The lowest BCUT2D eigenvalue weighted by atomic mass is 10.0. The monoisotopic (exact) mass is 284 g/mol. The second-order valence-corrected chi connectivity index (χ2v) is 4.00. The highest BCUT2D eigenvalue weighted by molar-refractivity contribution is 6.11. The van der Waals surface area contributed by atoms with Crippen LogP contribution in [0.1, 0.15) is 31.1 Å². The molecule has 0 aliphatic rings. The van der Waals surface area contributed by atoms with Crippen LogP contribution in [0.15, 0.2) is 42.6 Å². The van der Waals surface area contributed by atoms with E-state index < -0.39 is 23.4 Å². The first-order chi connectivity index (χ1) is 9.99. The fourth-order valence-corrected chi connectivity index (χ4v) is 1.66. The van der Waals surface area contributed by atoms with Gasteiger partial charge < -0.3 is 25.1 Å². The molecule has 106 valence electrons. The van der Waals surface area contributed by atoms with Crippen molar-refractivity contribution in [1.29, 1.82) is 0 Å². The first-order valence-corrected chi connectivity index (χ1v) is 5.78. The summed E-state index contributed by atoms with van der Waals surface area (Å²) >= 11 is 0. The summed E-state index contributed by atoms with van der Waals surface area (Å²) in [6.07, 6.45) is 1.44. The third kappa shape index (κ3) is 3.21. The molecular weight excluding hydrogens is 276 g/mol. The number of carbonyl (C=O) groups is 3. The molecule has 1 N–H and O–H groups in total. The molecule has 0 aliphatic heterocycles. The number of anilines is 1. The van der Waals surface area contributed by atoms with Gasteiger partial charge in [0.1, 0.15) is 5.82 Å². The highest BCUT2D eigenvalue weighted by Crippen LogP contribution is 2.14. The summed E-state index contributed by atoms with van der Waals surface area (Å²) in [5.41, 5.74) is -1.08. The Labute approximate surface area is 118 Å². The Hall–Kier alpha value is -3.22. The number of amides is 1. The fraction of sp³-hybridized carbons (Fsp3) is 0. The Morgan fingerprint density at radius 1 is 0.952 bits per heavy atom. The number of nitrogens with zero attached hydrogens (tertiary/aromatic N) is 1. The SMILES string of the molecule is O=C([O-])c1ccc(C(=O)[O-])c(C(=O)Nc2ccccn2)c1. The van der Waals surface area contributed by atoms with Crippen LogP contribution in [0.5, 0.6) is 0 Å². The second kappa shape index (κ2) is 5.83. The number of benzene rings is 1. The van der Waals surface area contributed by atoms with Gasteiger partial charge >= 0.3 is 0 Å². The zero-order chi connectivity index (χ0) is 15.4. The maximum absolute atomic E-state index is 12.1. The van der Waals surface area contributed by atoms with Gasteiger partial charge in [-0.1, -0.05) is 18.2 Å². The highest BCUT2D eigenvalue weighted by Gasteiger charge is 2.14. The molecule has 1 aromatic carbocycles. The van der Waals surface area contributed by atoms with E-state index in [1.54, 1.807) is 12.1 Å². The number of hydrogen-bond acceptors (Lipinski definition) is 6. The van der Waals surface area contributed by atoms with Crippen LogP contribution < -0.4 is 15.5 Å². The molecule has 0 saturated carbocycles. The van der Waals surface area contributed by atoms with Crippen molar-refractivity contribution in [1.82, 2.24) is 4.98 Å². The van der Waals surface area contributed by atoms with Gasteiger partial charge in [0, 0.05) is 17.3 Å². The quantitative estimate of drug-likeness (QED) is 0.773. The molecule has 2 aromatic rings. The zero-order valence-corrected chi connectivity index (χ0v) is 10.5. The molecule has 0 unspecified atom stereocenters. The summed E-state index contributed by atoms with van der Waals surface area (Å²) in [4.78, 5) is 37.7. The lowest BCUT2D eigenvalue weighted by Crippen LogP contribution is -2.28. The largest absolute Gasteiger partial charge is 0.545 e. The predicted molar refractivity (Wildman–Crippen MR) is 67.3 cm³/mol. The van der Waals surface area contributed by atoms with Crippen molar-refractivity contribution < 1.29 is 24.6 Å². The molecule has 2 rings (SSSR count). The summed E-state index contributed by atoms with van der Waals surface area (Å²) in [5.74, 6) is -3.72. The molecule has 0 bridgehead atoms. The van der Waals surface area contributed by atoms with E-state index in [0.29, 0.717) is 0 Å². The molecule has 0 radical (unpaired) electrons.